The van der Waals surface area contributed by atoms with Gasteiger partial charge in [-0.2, -0.15) is 0 Å². The van der Waals surface area contributed by atoms with Crippen LogP contribution in [0.25, 0.3) is 10.2 Å². The van der Waals surface area contributed by atoms with Gasteiger partial charge in [-0.05, 0) is 25.3 Å². The summed E-state index contributed by atoms with van der Waals surface area (Å²) < 4.78 is 0.955. The highest BCUT2D eigenvalue weighted by molar-refractivity contribution is 8.00. The predicted molar refractivity (Wildman–Crippen MR) is 79.9 cm³/mol. The van der Waals surface area contributed by atoms with Crippen LogP contribution < -0.4 is 10.6 Å². The molecule has 2 aromatic heterocycles. The molecule has 20 heavy (non-hydrogen) atoms. The molecule has 2 aromatic rings. The van der Waals surface area contributed by atoms with Gasteiger partial charge < -0.3 is 5.32 Å². The molecule has 2 N–H and O–H groups in total. The van der Waals surface area contributed by atoms with Gasteiger partial charge in [0.05, 0.1) is 16.0 Å². The second-order valence-electron chi connectivity index (χ2n) is 4.28. The summed E-state index contributed by atoms with van der Waals surface area (Å²) in [5.41, 5.74) is 0.866. The fraction of sp³-hybridized carbons (Fsp3) is 0.333. The summed E-state index contributed by atoms with van der Waals surface area (Å²) in [6.07, 6.45) is 1.47. The summed E-state index contributed by atoms with van der Waals surface area (Å²) in [4.78, 5) is 31.3. The third-order valence-electron chi connectivity index (χ3n) is 2.22. The number of amides is 3. The number of rotatable bonds is 4. The van der Waals surface area contributed by atoms with Gasteiger partial charge >= 0.3 is 6.03 Å². The summed E-state index contributed by atoms with van der Waals surface area (Å²) in [6, 6.07) is 1.42. The van der Waals surface area contributed by atoms with E-state index in [0.29, 0.717) is 0 Å². The van der Waals surface area contributed by atoms with Crippen LogP contribution >= 0.6 is 23.1 Å². The highest BCUT2D eigenvalue weighted by Gasteiger charge is 2.11. The first-order valence-electron chi connectivity index (χ1n) is 5.97. The number of imide groups is 1. The van der Waals surface area contributed by atoms with Crippen molar-refractivity contribution in [3.63, 3.8) is 0 Å². The van der Waals surface area contributed by atoms with Gasteiger partial charge in [-0.3, -0.25) is 10.1 Å². The van der Waals surface area contributed by atoms with E-state index in [0.717, 1.165) is 15.2 Å². The monoisotopic (exact) mass is 310 g/mol. The van der Waals surface area contributed by atoms with Crippen LogP contribution in [-0.4, -0.2) is 33.7 Å². The van der Waals surface area contributed by atoms with Gasteiger partial charge in [-0.1, -0.05) is 11.8 Å². The molecule has 2 heterocycles. The molecule has 0 unspecified atom stereocenters. The SMILES string of the molecule is CC(C)NC(=O)NC(=O)CSc1ncnc2ccsc12. The maximum atomic E-state index is 11.6. The van der Waals surface area contributed by atoms with Gasteiger partial charge in [0.1, 0.15) is 11.4 Å². The van der Waals surface area contributed by atoms with E-state index in [1.165, 1.54) is 29.4 Å². The lowest BCUT2D eigenvalue weighted by Crippen LogP contribution is -2.43. The number of hydrogen-bond acceptors (Lipinski definition) is 6. The molecular weight excluding hydrogens is 296 g/mol. The van der Waals surface area contributed by atoms with Crippen LogP contribution in [-0.2, 0) is 4.79 Å². The number of thioether (sulfide) groups is 1. The molecular formula is C12H14N4O2S2. The number of carbonyl (C=O) groups excluding carboxylic acids is 2. The van der Waals surface area contributed by atoms with Crippen LogP contribution in [0.3, 0.4) is 0 Å². The molecule has 8 heteroatoms. The molecule has 6 nitrogen and oxygen atoms in total. The fourth-order valence-corrected chi connectivity index (χ4v) is 3.21. The molecule has 0 radical (unpaired) electrons. The van der Waals surface area contributed by atoms with E-state index in [1.54, 1.807) is 0 Å². The van der Waals surface area contributed by atoms with Crippen molar-refractivity contribution in [2.75, 3.05) is 5.75 Å². The van der Waals surface area contributed by atoms with Crippen molar-refractivity contribution in [2.24, 2.45) is 0 Å². The quantitative estimate of drug-likeness (QED) is 0.667. The Labute approximate surface area is 124 Å². The number of aromatic nitrogens is 2. The number of nitrogens with zero attached hydrogens (tertiary/aromatic N) is 2. The molecule has 0 atom stereocenters. The Hall–Kier alpha value is -1.67. The average molecular weight is 310 g/mol. The molecule has 0 saturated carbocycles. The zero-order valence-electron chi connectivity index (χ0n) is 11.0. The highest BCUT2D eigenvalue weighted by Crippen LogP contribution is 2.28. The zero-order valence-corrected chi connectivity index (χ0v) is 12.7. The van der Waals surface area contributed by atoms with E-state index >= 15 is 0 Å². The number of fused-ring (bicyclic) bond motifs is 1. The summed E-state index contributed by atoms with van der Waals surface area (Å²) >= 11 is 2.82. The highest BCUT2D eigenvalue weighted by atomic mass is 32.2. The summed E-state index contributed by atoms with van der Waals surface area (Å²) in [6.45, 7) is 3.65. The van der Waals surface area contributed by atoms with E-state index in [-0.39, 0.29) is 17.7 Å². The predicted octanol–water partition coefficient (Wildman–Crippen LogP) is 2.02. The number of hydrogen-bond donors (Lipinski definition) is 2. The molecule has 0 saturated heterocycles. The van der Waals surface area contributed by atoms with Crippen LogP contribution in [0.15, 0.2) is 22.8 Å². The molecule has 0 aromatic carbocycles. The van der Waals surface area contributed by atoms with Gasteiger partial charge in [-0.15, -0.1) is 11.3 Å². The molecule has 106 valence electrons. The lowest BCUT2D eigenvalue weighted by molar-refractivity contribution is -0.117. The molecule has 0 spiro atoms. The molecule has 0 fully saturated rings. The molecule has 3 amide bonds. The summed E-state index contributed by atoms with van der Waals surface area (Å²) in [7, 11) is 0. The Balaban J connectivity index is 1.90. The van der Waals surface area contributed by atoms with Crippen molar-refractivity contribution in [3.8, 4) is 0 Å². The van der Waals surface area contributed by atoms with Crippen LogP contribution in [0.2, 0.25) is 0 Å². The lowest BCUT2D eigenvalue weighted by atomic mass is 10.4. The van der Waals surface area contributed by atoms with Gasteiger partial charge in [0.15, 0.2) is 0 Å². The largest absolute Gasteiger partial charge is 0.336 e. The van der Waals surface area contributed by atoms with Gasteiger partial charge in [-0.25, -0.2) is 14.8 Å². The number of carbonyl (C=O) groups is 2. The third kappa shape index (κ3) is 3.91. The third-order valence-corrected chi connectivity index (χ3v) is 4.25. The van der Waals surface area contributed by atoms with E-state index < -0.39 is 6.03 Å². The van der Waals surface area contributed by atoms with Gasteiger partial charge in [0.25, 0.3) is 0 Å². The lowest BCUT2D eigenvalue weighted by Gasteiger charge is -2.08. The zero-order chi connectivity index (χ0) is 14.5. The van der Waals surface area contributed by atoms with Crippen molar-refractivity contribution >= 4 is 45.3 Å². The topological polar surface area (TPSA) is 84.0 Å². The number of thiophene rings is 1. The molecule has 0 aliphatic rings. The maximum absolute atomic E-state index is 11.6. The second-order valence-corrected chi connectivity index (χ2v) is 6.16. The minimum absolute atomic E-state index is 0.0111. The van der Waals surface area contributed by atoms with E-state index in [1.807, 2.05) is 25.3 Å². The van der Waals surface area contributed by atoms with Crippen molar-refractivity contribution in [1.82, 2.24) is 20.6 Å². The standard InChI is InChI=1S/C12H14N4O2S2/c1-7(2)15-12(18)16-9(17)5-20-11-10-8(3-4-19-10)13-6-14-11/h3-4,6-7H,5H2,1-2H3,(H2,15,16,17,18). The fourth-order valence-electron chi connectivity index (χ4n) is 1.46. The minimum atomic E-state index is -0.477. The van der Waals surface area contributed by atoms with Crippen molar-refractivity contribution in [3.05, 3.63) is 17.8 Å². The van der Waals surface area contributed by atoms with Crippen LogP contribution in [0.5, 0.6) is 0 Å². The number of urea groups is 1. The van der Waals surface area contributed by atoms with Crippen molar-refractivity contribution in [2.45, 2.75) is 24.9 Å². The van der Waals surface area contributed by atoms with Crippen LogP contribution in [0.4, 0.5) is 4.79 Å². The Bertz CT molecular complexity index is 627. The van der Waals surface area contributed by atoms with E-state index in [9.17, 15) is 9.59 Å². The first-order valence-corrected chi connectivity index (χ1v) is 7.84. The smallest absolute Gasteiger partial charge is 0.321 e. The second kappa shape index (κ2) is 6.67. The Morgan fingerprint density at radius 1 is 1.40 bits per heavy atom. The average Bonchev–Trinajstić information content (AvgIpc) is 2.83. The Kier molecular flexibility index (Phi) is 4.91. The van der Waals surface area contributed by atoms with Crippen molar-refractivity contribution in [1.29, 1.82) is 0 Å². The van der Waals surface area contributed by atoms with E-state index in [4.69, 9.17) is 0 Å². The van der Waals surface area contributed by atoms with Gasteiger partial charge in [0, 0.05) is 6.04 Å². The normalized spacial score (nSPS) is 10.8. The summed E-state index contributed by atoms with van der Waals surface area (Å²) in [5.74, 6) is -0.216. The maximum Gasteiger partial charge on any atom is 0.321 e. The first kappa shape index (κ1) is 14.7. The molecule has 0 bridgehead atoms. The molecule has 0 aliphatic carbocycles. The Morgan fingerprint density at radius 3 is 2.95 bits per heavy atom. The molecule has 0 aliphatic heterocycles. The minimum Gasteiger partial charge on any atom is -0.336 e. The summed E-state index contributed by atoms with van der Waals surface area (Å²) in [5, 5.41) is 7.55. The van der Waals surface area contributed by atoms with Crippen molar-refractivity contribution < 1.29 is 9.59 Å². The van der Waals surface area contributed by atoms with Crippen LogP contribution in [0, 0.1) is 0 Å². The number of nitrogens with one attached hydrogen (secondary N) is 2. The molecule has 2 rings (SSSR count). The van der Waals surface area contributed by atoms with Crippen LogP contribution in [0.1, 0.15) is 13.8 Å². The van der Waals surface area contributed by atoms with Gasteiger partial charge in [0.2, 0.25) is 5.91 Å². The Morgan fingerprint density at radius 2 is 2.20 bits per heavy atom. The van der Waals surface area contributed by atoms with E-state index in [2.05, 4.69) is 20.6 Å². The first-order chi connectivity index (χ1) is 9.56.